The van der Waals surface area contributed by atoms with Crippen molar-refractivity contribution in [3.05, 3.63) is 70.5 Å². The summed E-state index contributed by atoms with van der Waals surface area (Å²) >= 11 is 0. The van der Waals surface area contributed by atoms with Gasteiger partial charge in [0.1, 0.15) is 5.75 Å². The van der Waals surface area contributed by atoms with Crippen molar-refractivity contribution in [2.75, 3.05) is 27.3 Å². The number of methoxy groups -OCH3 is 2. The van der Waals surface area contributed by atoms with Gasteiger partial charge in [-0.25, -0.2) is 13.1 Å². The van der Waals surface area contributed by atoms with E-state index in [-0.39, 0.29) is 23.6 Å². The van der Waals surface area contributed by atoms with Gasteiger partial charge in [-0.2, -0.15) is 5.10 Å². The van der Waals surface area contributed by atoms with E-state index < -0.39 is 21.2 Å². The molecule has 2 saturated carbocycles. The fourth-order valence-corrected chi connectivity index (χ4v) is 9.42. The van der Waals surface area contributed by atoms with E-state index in [0.29, 0.717) is 31.1 Å². The predicted octanol–water partition coefficient (Wildman–Crippen LogP) is 8.20. The Morgan fingerprint density at radius 2 is 1.69 bits per heavy atom. The molecule has 55 heavy (non-hydrogen) atoms. The Morgan fingerprint density at radius 3 is 2.36 bits per heavy atom. The van der Waals surface area contributed by atoms with E-state index in [4.69, 9.17) is 14.6 Å². The summed E-state index contributed by atoms with van der Waals surface area (Å²) < 4.78 is 43.6. The zero-order valence-corrected chi connectivity index (χ0v) is 33.9. The van der Waals surface area contributed by atoms with E-state index in [0.717, 1.165) is 96.1 Å². The average Bonchev–Trinajstić information content (AvgIpc) is 3.92. The van der Waals surface area contributed by atoms with E-state index >= 15 is 0 Å². The lowest BCUT2D eigenvalue weighted by Crippen LogP contribution is -2.37. The van der Waals surface area contributed by atoms with Gasteiger partial charge in [0.05, 0.1) is 54.2 Å². The summed E-state index contributed by atoms with van der Waals surface area (Å²) in [4.78, 5) is 30.0. The molecule has 0 saturated heterocycles. The summed E-state index contributed by atoms with van der Waals surface area (Å²) in [6.07, 6.45) is 13.6. The Bertz CT molecular complexity index is 2220. The van der Waals surface area contributed by atoms with Gasteiger partial charge in [0, 0.05) is 42.2 Å². The number of nitrogens with zero attached hydrogens (tertiary/aromatic N) is 4. The van der Waals surface area contributed by atoms with Crippen LogP contribution in [0.15, 0.2) is 42.6 Å². The molecule has 0 radical (unpaired) electrons. The smallest absolute Gasteiger partial charge is 0.264 e. The first-order valence-electron chi connectivity index (χ1n) is 20.0. The number of aromatic nitrogens is 3. The number of fused-ring (bicyclic) bond motifs is 5. The third-order valence-electron chi connectivity index (χ3n) is 12.0. The minimum Gasteiger partial charge on any atom is -0.497 e. The molecule has 2 amide bonds. The standard InChI is InChI=1S/C43H55N5O6S/c1-7-46(25-28(4)53-5)43(50)37-24-44-48(33-15-11-12-16-33)40(37)32-21-31-22-34(54-6)18-20-35(31)41-39(29-13-9-8-10-14-29)36-19-17-30(23-38(36)47(41)26-32)42(49)45-55(51,52)27(2)3/h17-24,27-29,33H,7-16,25-26H2,1-6H3,(H,45,49)/t28-/m1/s1. The van der Waals surface area contributed by atoms with Crippen LogP contribution in [0.3, 0.4) is 0 Å². The molecule has 4 aromatic rings. The van der Waals surface area contributed by atoms with Crippen LogP contribution in [0.1, 0.15) is 135 Å². The van der Waals surface area contributed by atoms with E-state index in [1.807, 2.05) is 36.9 Å². The van der Waals surface area contributed by atoms with Gasteiger partial charge in [-0.3, -0.25) is 14.3 Å². The molecule has 1 atom stereocenters. The number of sulfonamides is 1. The number of carbonyl (C=O) groups excluding carboxylic acids is 2. The molecule has 0 bridgehead atoms. The van der Waals surface area contributed by atoms with Gasteiger partial charge in [0.2, 0.25) is 10.0 Å². The van der Waals surface area contributed by atoms with Crippen LogP contribution in [-0.4, -0.2) is 78.1 Å². The Labute approximate surface area is 325 Å². The first-order valence-corrected chi connectivity index (χ1v) is 21.5. The molecule has 11 nitrogen and oxygen atoms in total. The molecule has 2 fully saturated rings. The van der Waals surface area contributed by atoms with Crippen LogP contribution in [0.5, 0.6) is 5.75 Å². The van der Waals surface area contributed by atoms with Crippen LogP contribution in [0.4, 0.5) is 0 Å². The first-order chi connectivity index (χ1) is 26.4. The molecule has 7 rings (SSSR count). The molecule has 294 valence electrons. The van der Waals surface area contributed by atoms with Gasteiger partial charge in [-0.15, -0.1) is 0 Å². The zero-order valence-electron chi connectivity index (χ0n) is 33.1. The number of likely N-dealkylation sites (N-methyl/N-ethyl adjacent to an activating group) is 1. The van der Waals surface area contributed by atoms with E-state index in [9.17, 15) is 18.0 Å². The van der Waals surface area contributed by atoms with Gasteiger partial charge in [-0.05, 0) is 112 Å². The number of rotatable bonds is 12. The number of ether oxygens (including phenoxy) is 2. The molecule has 2 aromatic heterocycles. The number of nitrogens with one attached hydrogen (secondary N) is 1. The number of hydrogen-bond acceptors (Lipinski definition) is 7. The number of allylic oxidation sites excluding steroid dienone is 1. The van der Waals surface area contributed by atoms with Crippen molar-refractivity contribution in [1.29, 1.82) is 0 Å². The number of benzene rings is 2. The molecule has 3 aliphatic rings. The highest BCUT2D eigenvalue weighted by Gasteiger charge is 2.34. The summed E-state index contributed by atoms with van der Waals surface area (Å²) in [5.41, 5.74) is 7.78. The van der Waals surface area contributed by atoms with Gasteiger partial charge in [-0.1, -0.05) is 38.2 Å². The topological polar surface area (TPSA) is 125 Å². The van der Waals surface area contributed by atoms with Crippen molar-refractivity contribution >= 4 is 44.4 Å². The van der Waals surface area contributed by atoms with Crippen LogP contribution in [-0.2, 0) is 21.3 Å². The lowest BCUT2D eigenvalue weighted by atomic mass is 9.81. The molecule has 3 heterocycles. The first kappa shape index (κ1) is 38.8. The van der Waals surface area contributed by atoms with Crippen LogP contribution in [0, 0.1) is 0 Å². The molecule has 0 unspecified atom stereocenters. The molecule has 1 N–H and O–H groups in total. The van der Waals surface area contributed by atoms with E-state index in [1.165, 1.54) is 12.0 Å². The fourth-order valence-electron chi connectivity index (χ4n) is 8.81. The zero-order chi connectivity index (χ0) is 39.0. The lowest BCUT2D eigenvalue weighted by Gasteiger charge is -2.25. The summed E-state index contributed by atoms with van der Waals surface area (Å²) in [6, 6.07) is 11.9. The maximum absolute atomic E-state index is 14.6. The van der Waals surface area contributed by atoms with Gasteiger partial charge in [0.15, 0.2) is 0 Å². The maximum atomic E-state index is 14.6. The Balaban J connectivity index is 1.48. The van der Waals surface area contributed by atoms with E-state index in [2.05, 4.69) is 32.2 Å². The van der Waals surface area contributed by atoms with Crippen molar-refractivity contribution in [3.63, 3.8) is 0 Å². The van der Waals surface area contributed by atoms with Crippen LogP contribution < -0.4 is 9.46 Å². The van der Waals surface area contributed by atoms with Crippen LogP contribution in [0.2, 0.25) is 0 Å². The molecule has 1 aliphatic heterocycles. The quantitative estimate of drug-likeness (QED) is 0.154. The monoisotopic (exact) mass is 769 g/mol. The molecule has 2 aliphatic carbocycles. The normalized spacial score (nSPS) is 17.1. The second-order valence-electron chi connectivity index (χ2n) is 15.7. The van der Waals surface area contributed by atoms with Crippen molar-refractivity contribution in [2.45, 2.75) is 115 Å². The number of hydrogen-bond donors (Lipinski definition) is 1. The third kappa shape index (κ3) is 7.47. The van der Waals surface area contributed by atoms with Crippen molar-refractivity contribution < 1.29 is 27.5 Å². The van der Waals surface area contributed by atoms with Crippen molar-refractivity contribution in [3.8, 4) is 17.0 Å². The Morgan fingerprint density at radius 1 is 0.964 bits per heavy atom. The highest BCUT2D eigenvalue weighted by atomic mass is 32.2. The SMILES string of the molecule is CCN(C[C@@H](C)OC)C(=O)c1cnn(C2CCCC2)c1C1=Cc2cc(OC)ccc2-c2c(C3CCCCC3)c3ccc(C(=O)NS(=O)(=O)C(C)C)cc3n2C1. The third-order valence-corrected chi connectivity index (χ3v) is 13.7. The predicted molar refractivity (Wildman–Crippen MR) is 217 cm³/mol. The van der Waals surface area contributed by atoms with Crippen LogP contribution >= 0.6 is 0 Å². The molecular weight excluding hydrogens is 715 g/mol. The van der Waals surface area contributed by atoms with E-state index in [1.54, 1.807) is 40.3 Å². The average molecular weight is 770 g/mol. The summed E-state index contributed by atoms with van der Waals surface area (Å²) in [5, 5.41) is 5.26. The Hall–Kier alpha value is -4.42. The number of carbonyl (C=O) groups is 2. The Kier molecular flexibility index (Phi) is 11.3. The molecule has 12 heteroatoms. The second-order valence-corrected chi connectivity index (χ2v) is 18.0. The summed E-state index contributed by atoms with van der Waals surface area (Å²) in [6.45, 7) is 8.43. The highest BCUT2D eigenvalue weighted by Crippen LogP contribution is 2.48. The largest absolute Gasteiger partial charge is 0.497 e. The minimum absolute atomic E-state index is 0.0903. The van der Waals surface area contributed by atoms with Crippen LogP contribution in [0.25, 0.3) is 33.8 Å². The summed E-state index contributed by atoms with van der Waals surface area (Å²) in [5.74, 6) is 0.297. The van der Waals surface area contributed by atoms with Crippen molar-refractivity contribution in [1.82, 2.24) is 24.0 Å². The van der Waals surface area contributed by atoms with Crippen molar-refractivity contribution in [2.24, 2.45) is 0 Å². The fraction of sp³-hybridized carbons (Fsp3) is 0.512. The van der Waals surface area contributed by atoms with Gasteiger partial charge >= 0.3 is 0 Å². The molecular formula is C43H55N5O6S. The molecule has 0 spiro atoms. The maximum Gasteiger partial charge on any atom is 0.264 e. The van der Waals surface area contributed by atoms with Gasteiger partial charge in [0.25, 0.3) is 11.8 Å². The number of amides is 2. The second kappa shape index (κ2) is 16.0. The minimum atomic E-state index is -3.84. The highest BCUT2D eigenvalue weighted by molar-refractivity contribution is 7.90. The lowest BCUT2D eigenvalue weighted by molar-refractivity contribution is 0.0551. The van der Waals surface area contributed by atoms with Gasteiger partial charge < -0.3 is 18.9 Å². The summed E-state index contributed by atoms with van der Waals surface area (Å²) in [7, 11) is -0.512. The molecule has 2 aromatic carbocycles.